The van der Waals surface area contributed by atoms with Gasteiger partial charge in [0.1, 0.15) is 0 Å². The highest BCUT2D eigenvalue weighted by molar-refractivity contribution is 7.99. The summed E-state index contributed by atoms with van der Waals surface area (Å²) in [5, 5.41) is 21.4. The molecular formula is C9H21NO2S. The van der Waals surface area contributed by atoms with Crippen LogP contribution in [-0.4, -0.2) is 47.0 Å². The van der Waals surface area contributed by atoms with Crippen LogP contribution in [0.1, 0.15) is 20.3 Å². The Morgan fingerprint density at radius 2 is 2.00 bits per heavy atom. The standard InChI is InChI=1S/C9H21NO2S/c1-7(12)8(2)13-6-9(10-3)4-5-11/h7-12H,4-6H2,1-3H3. The molecule has 0 saturated heterocycles. The van der Waals surface area contributed by atoms with Crippen molar-refractivity contribution >= 4 is 11.8 Å². The van der Waals surface area contributed by atoms with Gasteiger partial charge in [-0.15, -0.1) is 0 Å². The summed E-state index contributed by atoms with van der Waals surface area (Å²) in [6, 6.07) is 0.344. The van der Waals surface area contributed by atoms with E-state index in [0.717, 1.165) is 12.2 Å². The van der Waals surface area contributed by atoms with Gasteiger partial charge in [0.2, 0.25) is 0 Å². The molecule has 0 fully saturated rings. The van der Waals surface area contributed by atoms with Crippen molar-refractivity contribution in [3.63, 3.8) is 0 Å². The second kappa shape index (κ2) is 7.62. The predicted octanol–water partition coefficient (Wildman–Crippen LogP) is 0.459. The Morgan fingerprint density at radius 1 is 1.38 bits per heavy atom. The number of rotatable bonds is 7. The van der Waals surface area contributed by atoms with Gasteiger partial charge in [0.25, 0.3) is 0 Å². The van der Waals surface area contributed by atoms with Crippen molar-refractivity contribution < 1.29 is 10.2 Å². The second-order valence-electron chi connectivity index (χ2n) is 3.28. The maximum absolute atomic E-state index is 9.25. The van der Waals surface area contributed by atoms with E-state index in [1.807, 2.05) is 14.0 Å². The molecule has 3 N–H and O–H groups in total. The summed E-state index contributed by atoms with van der Waals surface area (Å²) < 4.78 is 0. The number of aliphatic hydroxyl groups excluding tert-OH is 2. The van der Waals surface area contributed by atoms with Crippen molar-refractivity contribution in [1.82, 2.24) is 5.32 Å². The molecule has 0 rings (SSSR count). The van der Waals surface area contributed by atoms with Crippen molar-refractivity contribution in [3.05, 3.63) is 0 Å². The Labute approximate surface area is 84.9 Å². The monoisotopic (exact) mass is 207 g/mol. The van der Waals surface area contributed by atoms with Crippen LogP contribution in [0.5, 0.6) is 0 Å². The Hall–Kier alpha value is 0.230. The van der Waals surface area contributed by atoms with E-state index in [9.17, 15) is 5.11 Å². The molecule has 0 amide bonds. The lowest BCUT2D eigenvalue weighted by Gasteiger charge is -2.19. The van der Waals surface area contributed by atoms with Crippen molar-refractivity contribution in [3.8, 4) is 0 Å². The lowest BCUT2D eigenvalue weighted by molar-refractivity contribution is 0.196. The van der Waals surface area contributed by atoms with E-state index in [4.69, 9.17) is 5.11 Å². The van der Waals surface area contributed by atoms with Gasteiger partial charge in [-0.2, -0.15) is 11.8 Å². The number of aliphatic hydroxyl groups is 2. The van der Waals surface area contributed by atoms with E-state index in [-0.39, 0.29) is 18.0 Å². The molecule has 0 aromatic heterocycles. The fourth-order valence-corrected chi connectivity index (χ4v) is 2.02. The molecular weight excluding hydrogens is 186 g/mol. The minimum absolute atomic E-state index is 0.217. The molecule has 0 aromatic rings. The van der Waals surface area contributed by atoms with Crippen LogP contribution in [0.3, 0.4) is 0 Å². The average molecular weight is 207 g/mol. The first kappa shape index (κ1) is 13.2. The molecule has 3 nitrogen and oxygen atoms in total. The van der Waals surface area contributed by atoms with Crippen LogP contribution in [0.4, 0.5) is 0 Å². The summed E-state index contributed by atoms with van der Waals surface area (Å²) in [6.07, 6.45) is 0.507. The third kappa shape index (κ3) is 6.32. The van der Waals surface area contributed by atoms with Crippen LogP contribution in [0.15, 0.2) is 0 Å². The fourth-order valence-electron chi connectivity index (χ4n) is 0.874. The van der Waals surface area contributed by atoms with Crippen molar-refractivity contribution in [2.75, 3.05) is 19.4 Å². The van der Waals surface area contributed by atoms with E-state index in [2.05, 4.69) is 5.32 Å². The van der Waals surface area contributed by atoms with Gasteiger partial charge >= 0.3 is 0 Å². The summed E-state index contributed by atoms with van der Waals surface area (Å²) >= 11 is 1.73. The Morgan fingerprint density at radius 3 is 2.38 bits per heavy atom. The molecule has 3 unspecified atom stereocenters. The predicted molar refractivity (Wildman–Crippen MR) is 58.2 cm³/mol. The van der Waals surface area contributed by atoms with Gasteiger partial charge in [-0.1, -0.05) is 6.92 Å². The van der Waals surface area contributed by atoms with Crippen LogP contribution >= 0.6 is 11.8 Å². The van der Waals surface area contributed by atoms with Crippen LogP contribution in [0.25, 0.3) is 0 Å². The van der Waals surface area contributed by atoms with Gasteiger partial charge in [-0.3, -0.25) is 0 Å². The first-order valence-corrected chi connectivity index (χ1v) is 5.74. The maximum atomic E-state index is 9.25. The highest BCUT2D eigenvalue weighted by Crippen LogP contribution is 2.15. The molecule has 0 heterocycles. The zero-order valence-electron chi connectivity index (χ0n) is 8.66. The van der Waals surface area contributed by atoms with Gasteiger partial charge in [0.15, 0.2) is 0 Å². The van der Waals surface area contributed by atoms with Crippen LogP contribution in [-0.2, 0) is 0 Å². The molecule has 4 heteroatoms. The Balaban J connectivity index is 3.58. The smallest absolute Gasteiger partial charge is 0.0628 e. The van der Waals surface area contributed by atoms with Crippen molar-refractivity contribution in [2.24, 2.45) is 0 Å². The molecule has 0 aliphatic carbocycles. The molecule has 0 aromatic carbocycles. The average Bonchev–Trinajstić information content (AvgIpc) is 2.11. The van der Waals surface area contributed by atoms with E-state index < -0.39 is 0 Å². The maximum Gasteiger partial charge on any atom is 0.0628 e. The largest absolute Gasteiger partial charge is 0.396 e. The quantitative estimate of drug-likeness (QED) is 0.568. The third-order valence-electron chi connectivity index (χ3n) is 2.13. The molecule has 0 radical (unpaired) electrons. The van der Waals surface area contributed by atoms with Gasteiger partial charge in [-0.25, -0.2) is 0 Å². The molecule has 0 aliphatic heterocycles. The number of thioether (sulfide) groups is 1. The summed E-state index contributed by atoms with van der Waals surface area (Å²) in [4.78, 5) is 0. The minimum Gasteiger partial charge on any atom is -0.396 e. The molecule has 0 saturated carbocycles. The number of hydrogen-bond acceptors (Lipinski definition) is 4. The molecule has 13 heavy (non-hydrogen) atoms. The van der Waals surface area contributed by atoms with Gasteiger partial charge < -0.3 is 15.5 Å². The van der Waals surface area contributed by atoms with E-state index in [1.54, 1.807) is 18.7 Å². The van der Waals surface area contributed by atoms with Crippen LogP contribution < -0.4 is 5.32 Å². The van der Waals surface area contributed by atoms with E-state index in [1.165, 1.54) is 0 Å². The lowest BCUT2D eigenvalue weighted by Crippen LogP contribution is -2.30. The normalized spacial score (nSPS) is 18.2. The zero-order chi connectivity index (χ0) is 10.3. The topological polar surface area (TPSA) is 52.5 Å². The zero-order valence-corrected chi connectivity index (χ0v) is 9.47. The Kier molecular flexibility index (Phi) is 7.75. The SMILES string of the molecule is CNC(CCO)CSC(C)C(C)O. The van der Waals surface area contributed by atoms with Crippen molar-refractivity contribution in [1.29, 1.82) is 0 Å². The fraction of sp³-hybridized carbons (Fsp3) is 1.00. The number of hydrogen-bond donors (Lipinski definition) is 3. The highest BCUT2D eigenvalue weighted by Gasteiger charge is 2.12. The molecule has 80 valence electrons. The summed E-state index contributed by atoms with van der Waals surface area (Å²) in [6.45, 7) is 4.04. The van der Waals surface area contributed by atoms with E-state index >= 15 is 0 Å². The Bertz CT molecular complexity index is 122. The van der Waals surface area contributed by atoms with Crippen LogP contribution in [0, 0.1) is 0 Å². The number of nitrogens with one attached hydrogen (secondary N) is 1. The second-order valence-corrected chi connectivity index (χ2v) is 4.69. The summed E-state index contributed by atoms with van der Waals surface area (Å²) in [7, 11) is 1.90. The summed E-state index contributed by atoms with van der Waals surface area (Å²) in [5.74, 6) is 0.934. The first-order chi connectivity index (χ1) is 6.11. The highest BCUT2D eigenvalue weighted by atomic mass is 32.2. The van der Waals surface area contributed by atoms with Gasteiger partial charge in [0, 0.05) is 23.7 Å². The molecule has 0 aliphatic rings. The van der Waals surface area contributed by atoms with E-state index in [0.29, 0.717) is 6.04 Å². The lowest BCUT2D eigenvalue weighted by atomic mass is 10.2. The minimum atomic E-state index is -0.267. The summed E-state index contributed by atoms with van der Waals surface area (Å²) in [5.41, 5.74) is 0. The van der Waals surface area contributed by atoms with Crippen LogP contribution in [0.2, 0.25) is 0 Å². The molecule has 0 bridgehead atoms. The van der Waals surface area contributed by atoms with Crippen molar-refractivity contribution in [2.45, 2.75) is 37.7 Å². The first-order valence-electron chi connectivity index (χ1n) is 4.69. The third-order valence-corrected chi connectivity index (χ3v) is 3.64. The molecule has 0 spiro atoms. The molecule has 3 atom stereocenters. The van der Waals surface area contributed by atoms with Gasteiger partial charge in [0.05, 0.1) is 6.10 Å². The van der Waals surface area contributed by atoms with Gasteiger partial charge in [-0.05, 0) is 20.4 Å².